The van der Waals surface area contributed by atoms with E-state index in [1.165, 1.54) is 24.8 Å². The molecule has 1 aromatic carbocycles. The number of nitrogens with one attached hydrogen (secondary N) is 1. The molecule has 0 aliphatic heterocycles. The van der Waals surface area contributed by atoms with E-state index < -0.39 is 0 Å². The number of aliphatic hydroxyl groups is 1. The van der Waals surface area contributed by atoms with Gasteiger partial charge in [0.1, 0.15) is 0 Å². The van der Waals surface area contributed by atoms with Crippen LogP contribution in [0.25, 0.3) is 0 Å². The van der Waals surface area contributed by atoms with Crippen LogP contribution in [0.15, 0.2) is 30.3 Å². The molecule has 2 nitrogen and oxygen atoms in total. The average molecular weight is 245 g/mol. The van der Waals surface area contributed by atoms with Crippen molar-refractivity contribution in [2.45, 2.75) is 56.7 Å². The zero-order valence-electron chi connectivity index (χ0n) is 10.9. The van der Waals surface area contributed by atoms with Gasteiger partial charge >= 0.3 is 0 Å². The Kier molecular flexibility index (Phi) is 3.67. The molecule has 0 heterocycles. The fourth-order valence-electron chi connectivity index (χ4n) is 3.16. The topological polar surface area (TPSA) is 32.3 Å². The molecule has 1 aromatic rings. The van der Waals surface area contributed by atoms with Crippen molar-refractivity contribution in [3.05, 3.63) is 35.9 Å². The van der Waals surface area contributed by atoms with Crippen LogP contribution in [0.1, 0.15) is 50.1 Å². The lowest BCUT2D eigenvalue weighted by molar-refractivity contribution is 0.107. The molecule has 98 valence electrons. The molecular formula is C16H23NO. The van der Waals surface area contributed by atoms with Crippen molar-refractivity contribution in [3.8, 4) is 0 Å². The molecule has 2 heteroatoms. The summed E-state index contributed by atoms with van der Waals surface area (Å²) < 4.78 is 0. The summed E-state index contributed by atoms with van der Waals surface area (Å²) >= 11 is 0. The summed E-state index contributed by atoms with van der Waals surface area (Å²) in [5, 5.41) is 13.6. The molecule has 0 spiro atoms. The standard InChI is InChI=1S/C16H23NO/c18-15-8-4-7-14(11-15)17-16(13-9-10-13)12-5-2-1-3-6-12/h1-3,5-6,13-18H,4,7-11H2. The smallest absolute Gasteiger partial charge is 0.0555 e. The van der Waals surface area contributed by atoms with E-state index in [4.69, 9.17) is 0 Å². The predicted octanol–water partition coefficient (Wildman–Crippen LogP) is 3.03. The highest BCUT2D eigenvalue weighted by molar-refractivity contribution is 5.21. The summed E-state index contributed by atoms with van der Waals surface area (Å²) in [5.74, 6) is 0.812. The van der Waals surface area contributed by atoms with Crippen molar-refractivity contribution < 1.29 is 5.11 Å². The third kappa shape index (κ3) is 2.93. The Morgan fingerprint density at radius 2 is 1.83 bits per heavy atom. The number of benzene rings is 1. The van der Waals surface area contributed by atoms with Crippen LogP contribution in [0.2, 0.25) is 0 Å². The molecule has 18 heavy (non-hydrogen) atoms. The Bertz CT molecular complexity index is 374. The summed E-state index contributed by atoms with van der Waals surface area (Å²) in [4.78, 5) is 0. The fourth-order valence-corrected chi connectivity index (χ4v) is 3.16. The van der Waals surface area contributed by atoms with E-state index in [0.29, 0.717) is 12.1 Å². The number of aliphatic hydroxyl groups excluding tert-OH is 1. The van der Waals surface area contributed by atoms with Crippen LogP contribution in [-0.2, 0) is 0 Å². The summed E-state index contributed by atoms with van der Waals surface area (Å²) in [6.07, 6.45) is 6.89. The van der Waals surface area contributed by atoms with Crippen molar-refractivity contribution in [1.82, 2.24) is 5.32 Å². The molecule has 0 bridgehead atoms. The van der Waals surface area contributed by atoms with E-state index >= 15 is 0 Å². The van der Waals surface area contributed by atoms with E-state index in [0.717, 1.165) is 25.2 Å². The molecule has 0 radical (unpaired) electrons. The first kappa shape index (κ1) is 12.2. The second-order valence-electron chi connectivity index (χ2n) is 5.91. The van der Waals surface area contributed by atoms with Gasteiger partial charge in [0.2, 0.25) is 0 Å². The number of hydrogen-bond donors (Lipinski definition) is 2. The van der Waals surface area contributed by atoms with E-state index in [1.54, 1.807) is 0 Å². The highest BCUT2D eigenvalue weighted by Gasteiger charge is 2.34. The third-order valence-corrected chi connectivity index (χ3v) is 4.31. The van der Waals surface area contributed by atoms with Gasteiger partial charge in [-0.05, 0) is 50.0 Å². The maximum absolute atomic E-state index is 9.78. The van der Waals surface area contributed by atoms with Gasteiger partial charge in [-0.25, -0.2) is 0 Å². The molecule has 2 fully saturated rings. The van der Waals surface area contributed by atoms with Gasteiger partial charge in [-0.2, -0.15) is 0 Å². The van der Waals surface area contributed by atoms with Crippen LogP contribution in [0.3, 0.4) is 0 Å². The molecule has 2 aliphatic carbocycles. The third-order valence-electron chi connectivity index (χ3n) is 4.31. The largest absolute Gasteiger partial charge is 0.393 e. The van der Waals surface area contributed by atoms with Crippen LogP contribution in [0.5, 0.6) is 0 Å². The second kappa shape index (κ2) is 5.41. The van der Waals surface area contributed by atoms with Gasteiger partial charge in [0, 0.05) is 12.1 Å². The van der Waals surface area contributed by atoms with Crippen LogP contribution in [0.4, 0.5) is 0 Å². The molecule has 2 N–H and O–H groups in total. The lowest BCUT2D eigenvalue weighted by atomic mass is 9.91. The molecular weight excluding hydrogens is 222 g/mol. The van der Waals surface area contributed by atoms with Crippen molar-refractivity contribution >= 4 is 0 Å². The van der Waals surface area contributed by atoms with Gasteiger partial charge in [0.05, 0.1) is 6.10 Å². The Morgan fingerprint density at radius 3 is 2.50 bits per heavy atom. The second-order valence-corrected chi connectivity index (χ2v) is 5.91. The van der Waals surface area contributed by atoms with Gasteiger partial charge in [-0.15, -0.1) is 0 Å². The summed E-state index contributed by atoms with van der Waals surface area (Å²) in [7, 11) is 0. The van der Waals surface area contributed by atoms with Crippen molar-refractivity contribution in [2.75, 3.05) is 0 Å². The Hall–Kier alpha value is -0.860. The minimum Gasteiger partial charge on any atom is -0.393 e. The molecule has 0 saturated heterocycles. The Labute approximate surface area is 109 Å². The summed E-state index contributed by atoms with van der Waals surface area (Å²) in [6.45, 7) is 0. The maximum Gasteiger partial charge on any atom is 0.0555 e. The normalized spacial score (nSPS) is 30.1. The zero-order valence-corrected chi connectivity index (χ0v) is 10.9. The quantitative estimate of drug-likeness (QED) is 0.854. The fraction of sp³-hybridized carbons (Fsp3) is 0.625. The highest BCUT2D eigenvalue weighted by atomic mass is 16.3. The van der Waals surface area contributed by atoms with E-state index in [9.17, 15) is 5.11 Å². The minimum atomic E-state index is -0.0909. The van der Waals surface area contributed by atoms with Crippen molar-refractivity contribution in [2.24, 2.45) is 5.92 Å². The van der Waals surface area contributed by atoms with E-state index in [-0.39, 0.29) is 6.10 Å². The van der Waals surface area contributed by atoms with Gasteiger partial charge in [-0.3, -0.25) is 0 Å². The van der Waals surface area contributed by atoms with Gasteiger partial charge in [-0.1, -0.05) is 30.3 Å². The molecule has 3 unspecified atom stereocenters. The Balaban J connectivity index is 1.67. The lowest BCUT2D eigenvalue weighted by Crippen LogP contribution is -2.39. The van der Waals surface area contributed by atoms with Crippen LogP contribution in [-0.4, -0.2) is 17.3 Å². The average Bonchev–Trinajstić information content (AvgIpc) is 3.21. The monoisotopic (exact) mass is 245 g/mol. The zero-order chi connectivity index (χ0) is 12.4. The molecule has 3 atom stereocenters. The van der Waals surface area contributed by atoms with Crippen molar-refractivity contribution in [3.63, 3.8) is 0 Å². The molecule has 0 aromatic heterocycles. The molecule has 3 rings (SSSR count). The van der Waals surface area contributed by atoms with E-state index in [1.807, 2.05) is 0 Å². The number of hydrogen-bond acceptors (Lipinski definition) is 2. The summed E-state index contributed by atoms with van der Waals surface area (Å²) in [5.41, 5.74) is 1.42. The van der Waals surface area contributed by atoms with Crippen LogP contribution < -0.4 is 5.32 Å². The van der Waals surface area contributed by atoms with Crippen LogP contribution in [0, 0.1) is 5.92 Å². The first-order chi connectivity index (χ1) is 8.83. The molecule has 2 aliphatic rings. The predicted molar refractivity (Wildman–Crippen MR) is 73.3 cm³/mol. The van der Waals surface area contributed by atoms with Gasteiger partial charge < -0.3 is 10.4 Å². The van der Waals surface area contributed by atoms with Gasteiger partial charge in [0.25, 0.3) is 0 Å². The maximum atomic E-state index is 9.78. The molecule has 0 amide bonds. The van der Waals surface area contributed by atoms with E-state index in [2.05, 4.69) is 35.6 Å². The Morgan fingerprint density at radius 1 is 1.06 bits per heavy atom. The molecule has 2 saturated carbocycles. The summed E-state index contributed by atoms with van der Waals surface area (Å²) in [6, 6.07) is 11.8. The lowest BCUT2D eigenvalue weighted by Gasteiger charge is -2.31. The van der Waals surface area contributed by atoms with Crippen molar-refractivity contribution in [1.29, 1.82) is 0 Å². The highest BCUT2D eigenvalue weighted by Crippen LogP contribution is 2.41. The SMILES string of the molecule is OC1CCCC(NC(c2ccccc2)C2CC2)C1. The van der Waals surface area contributed by atoms with Crippen LogP contribution >= 0.6 is 0 Å². The number of rotatable bonds is 4. The minimum absolute atomic E-state index is 0.0909. The van der Waals surface area contributed by atoms with Gasteiger partial charge in [0.15, 0.2) is 0 Å². The first-order valence-electron chi connectivity index (χ1n) is 7.32. The first-order valence-corrected chi connectivity index (χ1v) is 7.32.